The lowest BCUT2D eigenvalue weighted by Crippen LogP contribution is -2.24. The van der Waals surface area contributed by atoms with Crippen molar-refractivity contribution < 1.29 is 17.6 Å². The molecule has 0 atom stereocenters. The number of rotatable bonds is 6. The Labute approximate surface area is 172 Å². The molecular formula is C20H19BrN2O4S. The summed E-state index contributed by atoms with van der Waals surface area (Å²) in [5, 5.41) is 2.59. The van der Waals surface area contributed by atoms with E-state index in [-0.39, 0.29) is 5.75 Å². The van der Waals surface area contributed by atoms with Crippen molar-refractivity contribution in [3.05, 3.63) is 70.0 Å². The molecule has 0 unspecified atom stereocenters. The van der Waals surface area contributed by atoms with Crippen LogP contribution in [0.1, 0.15) is 17.0 Å². The highest BCUT2D eigenvalue weighted by Crippen LogP contribution is 2.24. The number of hydrogen-bond donors (Lipinski definition) is 1. The van der Waals surface area contributed by atoms with E-state index in [1.807, 2.05) is 31.2 Å². The summed E-state index contributed by atoms with van der Waals surface area (Å²) in [6, 6.07) is 14.6. The minimum Gasteiger partial charge on any atom is -0.441 e. The highest BCUT2D eigenvalue weighted by Gasteiger charge is 2.22. The number of carbonyl (C=O) groups is 1. The van der Waals surface area contributed by atoms with Gasteiger partial charge in [0.2, 0.25) is 11.8 Å². The molecule has 0 aliphatic heterocycles. The lowest BCUT2D eigenvalue weighted by molar-refractivity contribution is -0.113. The van der Waals surface area contributed by atoms with Gasteiger partial charge in [-0.3, -0.25) is 4.79 Å². The number of aromatic nitrogens is 1. The molecule has 0 spiro atoms. The van der Waals surface area contributed by atoms with Crippen LogP contribution in [-0.2, 0) is 20.4 Å². The molecule has 8 heteroatoms. The number of nitrogens with zero attached hydrogens (tertiary/aromatic N) is 1. The van der Waals surface area contributed by atoms with E-state index < -0.39 is 21.5 Å². The summed E-state index contributed by atoms with van der Waals surface area (Å²) in [6.07, 6.45) is 0. The number of aryl methyl sites for hydroxylation is 2. The zero-order valence-electron chi connectivity index (χ0n) is 15.4. The summed E-state index contributed by atoms with van der Waals surface area (Å²) in [7, 11) is -3.71. The molecule has 0 radical (unpaired) electrons. The molecule has 0 aliphatic carbocycles. The Kier molecular flexibility index (Phi) is 6.00. The summed E-state index contributed by atoms with van der Waals surface area (Å²) in [6.45, 7) is 3.64. The van der Waals surface area contributed by atoms with Crippen LogP contribution in [0.15, 0.2) is 57.4 Å². The van der Waals surface area contributed by atoms with Crippen LogP contribution < -0.4 is 5.32 Å². The standard InChI is InChI=1S/C20H19BrN2O4S/c1-13-7-9-15(10-8-13)20-23-18(14(2)27-20)11-28(25,26)12-19(24)22-17-6-4-3-5-16(17)21/h3-10H,11-12H2,1-2H3,(H,22,24). The van der Waals surface area contributed by atoms with Gasteiger partial charge >= 0.3 is 0 Å². The van der Waals surface area contributed by atoms with E-state index >= 15 is 0 Å². The van der Waals surface area contributed by atoms with Crippen molar-refractivity contribution in [3.63, 3.8) is 0 Å². The summed E-state index contributed by atoms with van der Waals surface area (Å²) < 4.78 is 31.2. The molecule has 0 saturated heterocycles. The average Bonchev–Trinajstić information content (AvgIpc) is 2.97. The van der Waals surface area contributed by atoms with Crippen LogP contribution in [0.4, 0.5) is 5.69 Å². The molecule has 146 valence electrons. The van der Waals surface area contributed by atoms with Crippen LogP contribution >= 0.6 is 15.9 Å². The smallest absolute Gasteiger partial charge is 0.239 e. The van der Waals surface area contributed by atoms with E-state index in [0.29, 0.717) is 27.5 Å². The molecular weight excluding hydrogens is 444 g/mol. The lowest BCUT2D eigenvalue weighted by atomic mass is 10.1. The fourth-order valence-corrected chi connectivity index (χ4v) is 4.23. The first-order valence-electron chi connectivity index (χ1n) is 8.52. The molecule has 0 aliphatic rings. The molecule has 28 heavy (non-hydrogen) atoms. The van der Waals surface area contributed by atoms with Crippen LogP contribution in [0.2, 0.25) is 0 Å². The topological polar surface area (TPSA) is 89.3 Å². The number of hydrogen-bond acceptors (Lipinski definition) is 5. The Morgan fingerprint density at radius 3 is 2.46 bits per heavy atom. The van der Waals surface area contributed by atoms with Crippen LogP contribution in [0.25, 0.3) is 11.5 Å². The van der Waals surface area contributed by atoms with Crippen LogP contribution in [0, 0.1) is 13.8 Å². The van der Waals surface area contributed by atoms with Gasteiger partial charge < -0.3 is 9.73 Å². The van der Waals surface area contributed by atoms with Gasteiger partial charge in [-0.05, 0) is 54.0 Å². The zero-order chi connectivity index (χ0) is 20.3. The molecule has 0 bridgehead atoms. The molecule has 1 heterocycles. The van der Waals surface area contributed by atoms with Gasteiger partial charge in [0.15, 0.2) is 9.84 Å². The molecule has 6 nitrogen and oxygen atoms in total. The molecule has 3 aromatic rings. The fourth-order valence-electron chi connectivity index (χ4n) is 2.59. The summed E-state index contributed by atoms with van der Waals surface area (Å²) in [4.78, 5) is 16.5. The number of amides is 1. The maximum atomic E-state index is 12.5. The Morgan fingerprint density at radius 1 is 1.11 bits per heavy atom. The van der Waals surface area contributed by atoms with E-state index in [4.69, 9.17) is 4.42 Å². The van der Waals surface area contributed by atoms with E-state index in [2.05, 4.69) is 26.2 Å². The minimum atomic E-state index is -3.71. The number of sulfone groups is 1. The molecule has 1 N–H and O–H groups in total. The zero-order valence-corrected chi connectivity index (χ0v) is 17.8. The van der Waals surface area contributed by atoms with Crippen LogP contribution in [0.3, 0.4) is 0 Å². The third-order valence-corrected chi connectivity index (χ3v) is 6.15. The molecule has 0 fully saturated rings. The van der Waals surface area contributed by atoms with Gasteiger partial charge in [-0.1, -0.05) is 29.8 Å². The lowest BCUT2D eigenvalue weighted by Gasteiger charge is -2.07. The Morgan fingerprint density at radius 2 is 1.79 bits per heavy atom. The number of nitrogens with one attached hydrogen (secondary N) is 1. The molecule has 2 aromatic carbocycles. The Hall–Kier alpha value is -2.45. The van der Waals surface area contributed by atoms with Crippen molar-refractivity contribution in [1.82, 2.24) is 4.98 Å². The molecule has 0 saturated carbocycles. The van der Waals surface area contributed by atoms with Crippen molar-refractivity contribution in [2.24, 2.45) is 0 Å². The van der Waals surface area contributed by atoms with Gasteiger partial charge in [0.1, 0.15) is 11.5 Å². The number of para-hydroxylation sites is 1. The van der Waals surface area contributed by atoms with Crippen LogP contribution in [0.5, 0.6) is 0 Å². The van der Waals surface area contributed by atoms with E-state index in [1.165, 1.54) is 0 Å². The summed E-state index contributed by atoms with van der Waals surface area (Å²) in [5.74, 6) is -0.824. The maximum Gasteiger partial charge on any atom is 0.239 e. The Balaban J connectivity index is 1.71. The van der Waals surface area contributed by atoms with Crippen molar-refractivity contribution >= 4 is 37.4 Å². The summed E-state index contributed by atoms with van der Waals surface area (Å²) in [5.41, 5.74) is 2.70. The summed E-state index contributed by atoms with van der Waals surface area (Å²) >= 11 is 3.31. The highest BCUT2D eigenvalue weighted by atomic mass is 79.9. The van der Waals surface area contributed by atoms with E-state index in [0.717, 1.165) is 11.1 Å². The van der Waals surface area contributed by atoms with Crippen molar-refractivity contribution in [3.8, 4) is 11.5 Å². The second-order valence-electron chi connectivity index (χ2n) is 6.45. The number of carbonyl (C=O) groups excluding carboxylic acids is 1. The number of anilines is 1. The number of halogens is 1. The van der Waals surface area contributed by atoms with Crippen molar-refractivity contribution in [2.75, 3.05) is 11.1 Å². The van der Waals surface area contributed by atoms with E-state index in [9.17, 15) is 13.2 Å². The second kappa shape index (κ2) is 8.28. The maximum absolute atomic E-state index is 12.5. The third-order valence-electron chi connectivity index (χ3n) is 4.05. The fraction of sp³-hybridized carbons (Fsp3) is 0.200. The van der Waals surface area contributed by atoms with Gasteiger partial charge in [0, 0.05) is 10.0 Å². The third kappa shape index (κ3) is 5.08. The first-order valence-corrected chi connectivity index (χ1v) is 11.1. The largest absolute Gasteiger partial charge is 0.441 e. The minimum absolute atomic E-state index is 0.310. The van der Waals surface area contributed by atoms with E-state index in [1.54, 1.807) is 31.2 Å². The first-order chi connectivity index (χ1) is 13.2. The van der Waals surface area contributed by atoms with Gasteiger partial charge in [0.25, 0.3) is 0 Å². The quantitative estimate of drug-likeness (QED) is 0.590. The van der Waals surface area contributed by atoms with Crippen molar-refractivity contribution in [1.29, 1.82) is 0 Å². The first kappa shape index (κ1) is 20.3. The molecule has 1 aromatic heterocycles. The van der Waals surface area contributed by atoms with Crippen LogP contribution in [-0.4, -0.2) is 25.1 Å². The van der Waals surface area contributed by atoms with Gasteiger partial charge in [-0.25, -0.2) is 13.4 Å². The predicted molar refractivity (Wildman–Crippen MR) is 112 cm³/mol. The molecule has 1 amide bonds. The second-order valence-corrected chi connectivity index (χ2v) is 9.37. The van der Waals surface area contributed by atoms with Crippen molar-refractivity contribution in [2.45, 2.75) is 19.6 Å². The average molecular weight is 463 g/mol. The molecule has 3 rings (SSSR count). The SMILES string of the molecule is Cc1ccc(-c2nc(CS(=O)(=O)CC(=O)Nc3ccccc3Br)c(C)o2)cc1. The van der Waals surface area contributed by atoms with Gasteiger partial charge in [-0.15, -0.1) is 0 Å². The normalized spacial score (nSPS) is 11.4. The number of benzene rings is 2. The predicted octanol–water partition coefficient (Wildman–Crippen LogP) is 4.27. The monoisotopic (exact) mass is 462 g/mol. The van der Waals surface area contributed by atoms with Gasteiger partial charge in [-0.2, -0.15) is 0 Å². The Bertz CT molecular complexity index is 1110. The number of oxazole rings is 1. The highest BCUT2D eigenvalue weighted by molar-refractivity contribution is 9.10. The van der Waals surface area contributed by atoms with Gasteiger partial charge in [0.05, 0.1) is 17.1 Å².